The molecule has 5 aromatic rings. The number of benzene rings is 4. The number of nitrogens with one attached hydrogen (secondary N) is 2. The first kappa shape index (κ1) is 29.9. The third-order valence-corrected chi connectivity index (χ3v) is 13.5. The molecule has 2 bridgehead atoms. The van der Waals surface area contributed by atoms with Crippen molar-refractivity contribution < 1.29 is 19.1 Å². The van der Waals surface area contributed by atoms with Gasteiger partial charge in [-0.2, -0.15) is 0 Å². The topological polar surface area (TPSA) is 109 Å². The van der Waals surface area contributed by atoms with Crippen LogP contribution in [-0.2, 0) is 14.4 Å². The molecule has 11 heteroatoms. The summed E-state index contributed by atoms with van der Waals surface area (Å²) in [6, 6.07) is 28.6. The molecule has 2 saturated carbocycles. The number of fused-ring (bicyclic) bond motifs is 10. The van der Waals surface area contributed by atoms with Gasteiger partial charge < -0.3 is 15.0 Å². The van der Waals surface area contributed by atoms with Gasteiger partial charge in [-0.1, -0.05) is 81.9 Å². The summed E-state index contributed by atoms with van der Waals surface area (Å²) >= 11 is 6.49. The molecule has 9 rings (SSSR count). The second-order valence-corrected chi connectivity index (χ2v) is 16.0. The Hall–Kier alpha value is -4.19. The van der Waals surface area contributed by atoms with Crippen LogP contribution in [0.15, 0.2) is 105 Å². The van der Waals surface area contributed by atoms with Crippen LogP contribution in [-0.4, -0.2) is 34.6 Å². The van der Waals surface area contributed by atoms with E-state index in [1.54, 1.807) is 11.8 Å². The van der Waals surface area contributed by atoms with Crippen LogP contribution in [0, 0.1) is 29.6 Å². The number of H-pyrrole nitrogens is 1. The van der Waals surface area contributed by atoms with Crippen molar-refractivity contribution in [1.82, 2.24) is 4.98 Å². The Balaban J connectivity index is 1.05. The maximum atomic E-state index is 14.1. The van der Waals surface area contributed by atoms with Crippen LogP contribution >= 0.6 is 39.0 Å². The molecule has 2 N–H and O–H groups in total. The number of thioether (sulfide) groups is 1. The summed E-state index contributed by atoms with van der Waals surface area (Å²) in [5.74, 6) is -1.07. The van der Waals surface area contributed by atoms with E-state index in [9.17, 15) is 19.2 Å². The van der Waals surface area contributed by atoms with E-state index in [0.29, 0.717) is 17.1 Å². The minimum absolute atomic E-state index is 0.00205. The van der Waals surface area contributed by atoms with Crippen LogP contribution in [0.25, 0.3) is 10.8 Å². The van der Waals surface area contributed by atoms with Crippen molar-refractivity contribution >= 4 is 78.9 Å². The highest BCUT2D eigenvalue weighted by Crippen LogP contribution is 2.69. The smallest absolute Gasteiger partial charge is 0.305 e. The van der Waals surface area contributed by atoms with E-state index in [0.717, 1.165) is 37.1 Å². The van der Waals surface area contributed by atoms with Crippen LogP contribution in [0.5, 0.6) is 5.75 Å². The first-order chi connectivity index (χ1) is 23.4. The van der Waals surface area contributed by atoms with Crippen molar-refractivity contribution in [2.24, 2.45) is 29.6 Å². The van der Waals surface area contributed by atoms with Gasteiger partial charge in [0.15, 0.2) is 6.61 Å². The zero-order chi connectivity index (χ0) is 32.7. The van der Waals surface area contributed by atoms with Crippen molar-refractivity contribution in [3.05, 3.63) is 116 Å². The number of aromatic amines is 1. The Morgan fingerprint density at radius 3 is 2.50 bits per heavy atom. The number of hydrogen-bond donors (Lipinski definition) is 2. The van der Waals surface area contributed by atoms with Crippen LogP contribution in [0.2, 0.25) is 0 Å². The number of amides is 3. The predicted molar refractivity (Wildman–Crippen MR) is 190 cm³/mol. The second-order valence-electron chi connectivity index (χ2n) is 12.9. The van der Waals surface area contributed by atoms with Crippen molar-refractivity contribution in [3.63, 3.8) is 0 Å². The number of carbonyl (C=O) groups is 3. The number of nitrogens with zero attached hydrogens (tertiary/aromatic N) is 1. The minimum atomic E-state index is -0.410. The molecule has 2 aliphatic carbocycles. The molecule has 0 radical (unpaired) electrons. The highest BCUT2D eigenvalue weighted by atomic mass is 79.9. The van der Waals surface area contributed by atoms with Gasteiger partial charge in [-0.3, -0.25) is 24.1 Å². The van der Waals surface area contributed by atoms with Crippen LogP contribution in [0.4, 0.5) is 11.4 Å². The highest BCUT2D eigenvalue weighted by Gasteiger charge is 2.69. The normalized spacial score (nSPS) is 26.8. The quantitative estimate of drug-likeness (QED) is 0.181. The average Bonchev–Trinajstić information content (AvgIpc) is 3.83. The summed E-state index contributed by atoms with van der Waals surface area (Å²) in [4.78, 5) is 59.2. The van der Waals surface area contributed by atoms with Gasteiger partial charge in [0.2, 0.25) is 11.8 Å². The number of carbonyl (C=O) groups excluding carboxylic acids is 3. The zero-order valence-electron chi connectivity index (χ0n) is 25.3. The Kier molecular flexibility index (Phi) is 7.14. The number of para-hydroxylation sites is 1. The minimum Gasteiger partial charge on any atom is -0.483 e. The van der Waals surface area contributed by atoms with Crippen molar-refractivity contribution in [2.45, 2.75) is 22.6 Å². The molecule has 3 heterocycles. The lowest BCUT2D eigenvalue weighted by Crippen LogP contribution is -2.42. The zero-order valence-corrected chi connectivity index (χ0v) is 28.5. The number of imide groups is 1. The summed E-state index contributed by atoms with van der Waals surface area (Å²) in [6.45, 7) is -0.209. The van der Waals surface area contributed by atoms with Crippen molar-refractivity contribution in [1.29, 1.82) is 0 Å². The van der Waals surface area contributed by atoms with Crippen molar-refractivity contribution in [3.8, 4) is 5.75 Å². The molecule has 4 aliphatic rings. The molecule has 6 unspecified atom stereocenters. The standard InChI is InChI=1S/C37H28BrN3O5S2/c38-19-13-14-26(46-17-27(42)39-25-12-6-8-18-7-4-5-11-21(18)25)22(15-19)28-29-23-16-24(32(29)47-34-33(28)48-37(45)40-34)31-30(23)35(43)41(36(31)44)20-9-2-1-3-10-20/h1-15,23-24,28-32H,16-17H2,(H,39,42)(H,40,45)/t23?,24?,28-,29?,30?,31?,32?/m1/s1. The van der Waals surface area contributed by atoms with Gasteiger partial charge in [0.05, 0.1) is 22.5 Å². The second kappa shape index (κ2) is 11.5. The molecule has 4 aromatic carbocycles. The summed E-state index contributed by atoms with van der Waals surface area (Å²) in [7, 11) is 0. The largest absolute Gasteiger partial charge is 0.483 e. The molecule has 8 nitrogen and oxygen atoms in total. The molecule has 240 valence electrons. The molecule has 48 heavy (non-hydrogen) atoms. The maximum absolute atomic E-state index is 14.1. The molecule has 3 amide bonds. The third-order valence-electron chi connectivity index (χ3n) is 10.5. The lowest BCUT2D eigenvalue weighted by Gasteiger charge is -2.43. The van der Waals surface area contributed by atoms with Gasteiger partial charge in [-0.05, 0) is 66.0 Å². The average molecular weight is 739 g/mol. The van der Waals surface area contributed by atoms with E-state index in [1.165, 1.54) is 16.2 Å². The molecule has 2 aliphatic heterocycles. The fraction of sp³-hybridized carbons (Fsp3) is 0.243. The fourth-order valence-corrected chi connectivity index (χ4v) is 12.0. The van der Waals surface area contributed by atoms with Gasteiger partial charge in [-0.15, -0.1) is 11.8 Å². The number of anilines is 2. The maximum Gasteiger partial charge on any atom is 0.305 e. The molecule has 1 aromatic heterocycles. The first-order valence-corrected chi connectivity index (χ1v) is 18.4. The SMILES string of the molecule is O=C(COc1ccc(Br)cc1[C@H]1c2sc(=O)[nH]c2SC2C3CC(C4C(=O)N(c5ccccc5)C(=O)C34)C21)Nc1cccc2ccccc12. The van der Waals surface area contributed by atoms with E-state index in [4.69, 9.17) is 4.74 Å². The van der Waals surface area contributed by atoms with E-state index in [-0.39, 0.29) is 64.0 Å². The Morgan fingerprint density at radius 2 is 1.67 bits per heavy atom. The fourth-order valence-electron chi connectivity index (χ4n) is 8.75. The molecular formula is C37H28BrN3O5S2. The van der Waals surface area contributed by atoms with Gasteiger partial charge in [0, 0.05) is 37.2 Å². The number of ether oxygens (including phenoxy) is 1. The Bertz CT molecular complexity index is 2200. The highest BCUT2D eigenvalue weighted by molar-refractivity contribution is 9.10. The Morgan fingerprint density at radius 1 is 0.917 bits per heavy atom. The van der Waals surface area contributed by atoms with E-state index < -0.39 is 5.92 Å². The molecule has 3 fully saturated rings. The van der Waals surface area contributed by atoms with Gasteiger partial charge in [-0.25, -0.2) is 0 Å². The number of aromatic nitrogens is 1. The first-order valence-electron chi connectivity index (χ1n) is 15.9. The van der Waals surface area contributed by atoms with Crippen LogP contribution in [0.1, 0.15) is 22.8 Å². The monoisotopic (exact) mass is 737 g/mol. The Labute approximate surface area is 292 Å². The molecule has 7 atom stereocenters. The predicted octanol–water partition coefficient (Wildman–Crippen LogP) is 7.05. The van der Waals surface area contributed by atoms with Gasteiger partial charge in [0.1, 0.15) is 5.75 Å². The lowest BCUT2D eigenvalue weighted by molar-refractivity contribution is -0.123. The van der Waals surface area contributed by atoms with E-state index in [1.807, 2.05) is 91.0 Å². The molecule has 1 saturated heterocycles. The summed E-state index contributed by atoms with van der Waals surface area (Å²) < 4.78 is 7.13. The van der Waals surface area contributed by atoms with E-state index in [2.05, 4.69) is 26.2 Å². The summed E-state index contributed by atoms with van der Waals surface area (Å²) in [6.07, 6.45) is 0.783. The third kappa shape index (κ3) is 4.62. The summed E-state index contributed by atoms with van der Waals surface area (Å²) in [5, 5.41) is 5.82. The van der Waals surface area contributed by atoms with Gasteiger partial charge in [0.25, 0.3) is 5.91 Å². The number of halogens is 1. The van der Waals surface area contributed by atoms with Crippen molar-refractivity contribution in [2.75, 3.05) is 16.8 Å². The summed E-state index contributed by atoms with van der Waals surface area (Å²) in [5.41, 5.74) is 2.18. The molecule has 0 spiro atoms. The number of rotatable bonds is 6. The van der Waals surface area contributed by atoms with E-state index >= 15 is 0 Å². The molecular weight excluding hydrogens is 710 g/mol. The van der Waals surface area contributed by atoms with Gasteiger partial charge >= 0.3 is 4.87 Å². The van der Waals surface area contributed by atoms with Crippen LogP contribution in [0.3, 0.4) is 0 Å². The van der Waals surface area contributed by atoms with Crippen LogP contribution < -0.4 is 19.8 Å². The lowest BCUT2D eigenvalue weighted by atomic mass is 9.68. The number of hydrogen-bond acceptors (Lipinski definition) is 7. The number of thiazole rings is 1.